The van der Waals surface area contributed by atoms with Crippen LogP contribution in [0.1, 0.15) is 21.3 Å². The molecule has 2 heterocycles. The molecule has 0 unspecified atom stereocenters. The monoisotopic (exact) mass is 286 g/mol. The van der Waals surface area contributed by atoms with Crippen LogP contribution in [0, 0.1) is 6.92 Å². The Kier molecular flexibility index (Phi) is 3.28. The number of rotatable bonds is 3. The third kappa shape index (κ3) is 2.44. The van der Waals surface area contributed by atoms with Crippen LogP contribution in [-0.2, 0) is 6.54 Å². The smallest absolute Gasteiger partial charge is 0.289 e. The fraction of sp³-hybridized carbons (Fsp3) is 0.200. The summed E-state index contributed by atoms with van der Waals surface area (Å²) in [7, 11) is 1.76. The molecule has 5 heteroatoms. The lowest BCUT2D eigenvalue weighted by Gasteiger charge is -2.13. The van der Waals surface area contributed by atoms with Gasteiger partial charge in [0.2, 0.25) is 0 Å². The summed E-state index contributed by atoms with van der Waals surface area (Å²) >= 11 is 1.61. The SMILES string of the molecule is Cc1ccc(C(=O)N(C)Cc2nc3ccccc3s2)o1. The normalized spacial score (nSPS) is 10.9. The molecule has 0 aliphatic carbocycles. The number of para-hydroxylation sites is 1. The van der Waals surface area contributed by atoms with Crippen molar-refractivity contribution in [1.82, 2.24) is 9.88 Å². The number of nitrogens with zero attached hydrogens (tertiary/aromatic N) is 2. The van der Waals surface area contributed by atoms with Crippen LogP contribution < -0.4 is 0 Å². The Morgan fingerprint density at radius 2 is 2.10 bits per heavy atom. The molecule has 0 bridgehead atoms. The van der Waals surface area contributed by atoms with Crippen LogP contribution in [0.2, 0.25) is 0 Å². The van der Waals surface area contributed by atoms with E-state index in [1.807, 2.05) is 31.2 Å². The second kappa shape index (κ2) is 5.09. The molecule has 0 fully saturated rings. The van der Waals surface area contributed by atoms with Crippen molar-refractivity contribution in [2.24, 2.45) is 0 Å². The highest BCUT2D eigenvalue weighted by Gasteiger charge is 2.17. The maximum Gasteiger partial charge on any atom is 0.289 e. The minimum atomic E-state index is -0.127. The highest BCUT2D eigenvalue weighted by molar-refractivity contribution is 7.18. The van der Waals surface area contributed by atoms with E-state index in [1.165, 1.54) is 0 Å². The van der Waals surface area contributed by atoms with Crippen molar-refractivity contribution in [3.05, 3.63) is 52.9 Å². The second-order valence-electron chi connectivity index (χ2n) is 4.65. The lowest BCUT2D eigenvalue weighted by molar-refractivity contribution is 0.0752. The van der Waals surface area contributed by atoms with E-state index in [1.54, 1.807) is 35.4 Å². The highest BCUT2D eigenvalue weighted by atomic mass is 32.1. The van der Waals surface area contributed by atoms with Crippen molar-refractivity contribution in [3.63, 3.8) is 0 Å². The van der Waals surface area contributed by atoms with Gasteiger partial charge in [-0.1, -0.05) is 12.1 Å². The van der Waals surface area contributed by atoms with Gasteiger partial charge in [-0.2, -0.15) is 0 Å². The fourth-order valence-electron chi connectivity index (χ4n) is 2.00. The predicted octanol–water partition coefficient (Wildman–Crippen LogP) is 3.47. The number of aromatic nitrogens is 1. The molecular weight excluding hydrogens is 272 g/mol. The predicted molar refractivity (Wildman–Crippen MR) is 78.9 cm³/mol. The molecular formula is C15H14N2O2S. The molecule has 1 aromatic carbocycles. The maximum absolute atomic E-state index is 12.2. The molecule has 102 valence electrons. The molecule has 20 heavy (non-hydrogen) atoms. The Bertz CT molecular complexity index is 727. The Morgan fingerprint density at radius 3 is 2.80 bits per heavy atom. The van der Waals surface area contributed by atoms with Crippen LogP contribution in [0.25, 0.3) is 10.2 Å². The molecule has 0 aliphatic rings. The van der Waals surface area contributed by atoms with Crippen molar-refractivity contribution in [3.8, 4) is 0 Å². The van der Waals surface area contributed by atoms with Gasteiger partial charge in [-0.05, 0) is 31.2 Å². The van der Waals surface area contributed by atoms with Crippen molar-refractivity contribution in [2.75, 3.05) is 7.05 Å². The first-order chi connectivity index (χ1) is 9.63. The average molecular weight is 286 g/mol. The first-order valence-electron chi connectivity index (χ1n) is 6.30. The Hall–Kier alpha value is -2.14. The molecule has 0 saturated carbocycles. The van der Waals surface area contributed by atoms with Gasteiger partial charge in [0.05, 0.1) is 16.8 Å². The van der Waals surface area contributed by atoms with Gasteiger partial charge < -0.3 is 9.32 Å². The van der Waals surface area contributed by atoms with Gasteiger partial charge in [0.15, 0.2) is 5.76 Å². The minimum absolute atomic E-state index is 0.127. The number of amides is 1. The largest absolute Gasteiger partial charge is 0.456 e. The molecule has 3 rings (SSSR count). The van der Waals surface area contributed by atoms with Crippen molar-refractivity contribution in [2.45, 2.75) is 13.5 Å². The lowest BCUT2D eigenvalue weighted by atomic mass is 10.3. The molecule has 0 N–H and O–H groups in total. The summed E-state index contributed by atoms with van der Waals surface area (Å²) in [6.07, 6.45) is 0. The van der Waals surface area contributed by atoms with Crippen LogP contribution in [0.5, 0.6) is 0 Å². The van der Waals surface area contributed by atoms with Crippen LogP contribution in [0.3, 0.4) is 0 Å². The van der Waals surface area contributed by atoms with E-state index in [4.69, 9.17) is 4.42 Å². The van der Waals surface area contributed by atoms with E-state index >= 15 is 0 Å². The summed E-state index contributed by atoms with van der Waals surface area (Å²) in [6, 6.07) is 11.5. The number of hydrogen-bond acceptors (Lipinski definition) is 4. The van der Waals surface area contributed by atoms with Gasteiger partial charge in [0.25, 0.3) is 5.91 Å². The fourth-order valence-corrected chi connectivity index (χ4v) is 3.02. The molecule has 2 aromatic heterocycles. The summed E-state index contributed by atoms with van der Waals surface area (Å²) in [5, 5.41) is 0.922. The van der Waals surface area contributed by atoms with E-state index in [2.05, 4.69) is 4.98 Å². The van der Waals surface area contributed by atoms with Gasteiger partial charge in [0, 0.05) is 7.05 Å². The van der Waals surface area contributed by atoms with E-state index in [-0.39, 0.29) is 5.91 Å². The molecule has 0 saturated heterocycles. The molecule has 0 aliphatic heterocycles. The van der Waals surface area contributed by atoms with Gasteiger partial charge in [0.1, 0.15) is 10.8 Å². The molecule has 0 spiro atoms. The molecule has 0 atom stereocenters. The number of aryl methyl sites for hydroxylation is 1. The van der Waals surface area contributed by atoms with Crippen molar-refractivity contribution >= 4 is 27.5 Å². The zero-order valence-electron chi connectivity index (χ0n) is 11.3. The van der Waals surface area contributed by atoms with Gasteiger partial charge in [-0.25, -0.2) is 4.98 Å². The quantitative estimate of drug-likeness (QED) is 0.740. The second-order valence-corrected chi connectivity index (χ2v) is 5.76. The first-order valence-corrected chi connectivity index (χ1v) is 7.11. The maximum atomic E-state index is 12.2. The van der Waals surface area contributed by atoms with Crippen LogP contribution in [-0.4, -0.2) is 22.8 Å². The topological polar surface area (TPSA) is 46.3 Å². The highest BCUT2D eigenvalue weighted by Crippen LogP contribution is 2.22. The third-order valence-electron chi connectivity index (χ3n) is 3.01. The van der Waals surface area contributed by atoms with Gasteiger partial charge in [-0.15, -0.1) is 11.3 Å². The van der Waals surface area contributed by atoms with Crippen molar-refractivity contribution in [1.29, 1.82) is 0 Å². The first kappa shape index (κ1) is 12.9. The molecule has 0 radical (unpaired) electrons. The summed E-state index contributed by atoms with van der Waals surface area (Å²) in [5.41, 5.74) is 0.974. The average Bonchev–Trinajstić information content (AvgIpc) is 3.03. The summed E-state index contributed by atoms with van der Waals surface area (Å²) in [6.45, 7) is 2.31. The zero-order chi connectivity index (χ0) is 14.1. The summed E-state index contributed by atoms with van der Waals surface area (Å²) in [4.78, 5) is 18.3. The van der Waals surface area contributed by atoms with Gasteiger partial charge in [-0.3, -0.25) is 4.79 Å². The number of furan rings is 1. The number of carbonyl (C=O) groups excluding carboxylic acids is 1. The molecule has 1 amide bonds. The van der Waals surface area contributed by atoms with E-state index in [0.29, 0.717) is 12.3 Å². The zero-order valence-corrected chi connectivity index (χ0v) is 12.1. The third-order valence-corrected chi connectivity index (χ3v) is 4.03. The van der Waals surface area contributed by atoms with Crippen LogP contribution in [0.4, 0.5) is 0 Å². The van der Waals surface area contributed by atoms with E-state index in [9.17, 15) is 4.79 Å². The van der Waals surface area contributed by atoms with E-state index in [0.717, 1.165) is 21.0 Å². The van der Waals surface area contributed by atoms with Crippen molar-refractivity contribution < 1.29 is 9.21 Å². The molecule has 3 aromatic rings. The van der Waals surface area contributed by atoms with Gasteiger partial charge >= 0.3 is 0 Å². The molecule has 4 nitrogen and oxygen atoms in total. The Labute approximate surface area is 120 Å². The van der Waals surface area contributed by atoms with Crippen LogP contribution >= 0.6 is 11.3 Å². The number of thiazole rings is 1. The summed E-state index contributed by atoms with van der Waals surface area (Å²) < 4.78 is 6.49. The van der Waals surface area contributed by atoms with Crippen LogP contribution in [0.15, 0.2) is 40.8 Å². The van der Waals surface area contributed by atoms with E-state index < -0.39 is 0 Å². The number of carbonyl (C=O) groups is 1. The Morgan fingerprint density at radius 1 is 1.30 bits per heavy atom. The minimum Gasteiger partial charge on any atom is -0.456 e. The number of fused-ring (bicyclic) bond motifs is 1. The number of hydrogen-bond donors (Lipinski definition) is 0. The lowest BCUT2D eigenvalue weighted by Crippen LogP contribution is -2.25. The number of benzene rings is 1. The Balaban J connectivity index is 1.78. The summed E-state index contributed by atoms with van der Waals surface area (Å²) in [5.74, 6) is 0.977. The standard InChI is InChI=1S/C15H14N2O2S/c1-10-7-8-12(19-10)15(18)17(2)9-14-16-11-5-3-4-6-13(11)20-14/h3-8H,9H2,1-2H3.